The predicted octanol–water partition coefficient (Wildman–Crippen LogP) is 2.65. The maximum atomic E-state index is 12.5. The fourth-order valence-electron chi connectivity index (χ4n) is 2.19. The predicted molar refractivity (Wildman–Crippen MR) is 94.9 cm³/mol. The molecule has 3 heterocycles. The molecule has 0 aromatic carbocycles. The van der Waals surface area contributed by atoms with E-state index in [0.717, 1.165) is 5.56 Å². The molecule has 0 saturated carbocycles. The Kier molecular flexibility index (Phi) is 5.25. The molecule has 0 spiro atoms. The lowest BCUT2D eigenvalue weighted by molar-refractivity contribution is 0.116. The Bertz CT molecular complexity index is 923. The summed E-state index contributed by atoms with van der Waals surface area (Å²) in [6.07, 6.45) is 1.91. The third-order valence-electron chi connectivity index (χ3n) is 3.71. The van der Waals surface area contributed by atoms with Crippen molar-refractivity contribution in [2.45, 2.75) is 19.4 Å². The molecule has 0 fully saturated rings. The van der Waals surface area contributed by atoms with Gasteiger partial charge in [-0.3, -0.25) is 4.98 Å². The average Bonchev–Trinajstić information content (AvgIpc) is 3.17. The molecule has 1 atom stereocenters. The Balaban J connectivity index is 1.67. The van der Waals surface area contributed by atoms with Crippen molar-refractivity contribution < 1.29 is 13.2 Å². The van der Waals surface area contributed by atoms with E-state index in [0.29, 0.717) is 22.8 Å². The minimum Gasteiger partial charge on any atom is -0.415 e. The zero-order chi connectivity index (χ0) is 19.4. The van der Waals surface area contributed by atoms with E-state index in [4.69, 9.17) is 15.9 Å². The Labute approximate surface area is 153 Å². The summed E-state index contributed by atoms with van der Waals surface area (Å²) in [4.78, 5) is 8.28. The minimum atomic E-state index is -2.81. The fourth-order valence-corrected chi connectivity index (χ4v) is 2.19. The van der Waals surface area contributed by atoms with E-state index < -0.39 is 12.3 Å². The largest absolute Gasteiger partial charge is 0.415 e. The van der Waals surface area contributed by atoms with Crippen LogP contribution >= 0.6 is 0 Å². The molecule has 0 saturated heterocycles. The van der Waals surface area contributed by atoms with Crippen molar-refractivity contribution >= 4 is 11.5 Å². The third kappa shape index (κ3) is 4.35. The van der Waals surface area contributed by atoms with E-state index in [9.17, 15) is 8.78 Å². The van der Waals surface area contributed by atoms with Gasteiger partial charge in [0.1, 0.15) is 5.82 Å². The van der Waals surface area contributed by atoms with Gasteiger partial charge >= 0.3 is 6.43 Å². The van der Waals surface area contributed by atoms with Gasteiger partial charge in [-0.1, -0.05) is 0 Å². The second-order valence-corrected chi connectivity index (χ2v) is 5.68. The quantitative estimate of drug-likeness (QED) is 0.601. The zero-order valence-corrected chi connectivity index (χ0v) is 14.3. The highest BCUT2D eigenvalue weighted by molar-refractivity contribution is 5.62. The number of hydrogen-bond donors (Lipinski definition) is 3. The monoisotopic (exact) mass is 373 g/mol. The summed E-state index contributed by atoms with van der Waals surface area (Å²) in [6.45, 7) is 1.90. The lowest BCUT2D eigenvalue weighted by Gasteiger charge is -2.12. The molecule has 0 aliphatic carbocycles. The summed E-state index contributed by atoms with van der Waals surface area (Å²) >= 11 is 0. The van der Waals surface area contributed by atoms with E-state index in [1.54, 1.807) is 36.7 Å². The first-order valence-corrected chi connectivity index (χ1v) is 7.95. The number of pyridine rings is 2. The van der Waals surface area contributed by atoms with Crippen LogP contribution in [0.2, 0.25) is 0 Å². The van der Waals surface area contributed by atoms with Crippen molar-refractivity contribution in [3.8, 4) is 11.5 Å². The second-order valence-electron chi connectivity index (χ2n) is 5.68. The van der Waals surface area contributed by atoms with Gasteiger partial charge in [0.25, 0.3) is 5.89 Å². The molecule has 140 valence electrons. The van der Waals surface area contributed by atoms with E-state index in [2.05, 4.69) is 25.5 Å². The molecular formula is C17H17F2N7O. The van der Waals surface area contributed by atoms with Gasteiger partial charge in [-0.15, -0.1) is 10.2 Å². The minimum absolute atomic E-state index is 0.00930. The molecule has 3 rings (SSSR count). The van der Waals surface area contributed by atoms with Crippen LogP contribution in [-0.2, 0) is 0 Å². The summed E-state index contributed by atoms with van der Waals surface area (Å²) in [5, 5.41) is 10.0. The second kappa shape index (κ2) is 7.77. The Morgan fingerprint density at radius 2 is 1.96 bits per heavy atom. The van der Waals surface area contributed by atoms with Crippen molar-refractivity contribution in [2.75, 3.05) is 5.73 Å². The fraction of sp³-hybridized carbons (Fsp3) is 0.176. The van der Waals surface area contributed by atoms with Crippen LogP contribution in [-0.4, -0.2) is 20.2 Å². The first-order chi connectivity index (χ1) is 12.9. The van der Waals surface area contributed by atoms with Gasteiger partial charge in [0.05, 0.1) is 23.0 Å². The number of hydrogen-bond acceptors (Lipinski definition) is 8. The van der Waals surface area contributed by atoms with Crippen LogP contribution in [0.15, 0.2) is 47.3 Å². The van der Waals surface area contributed by atoms with Gasteiger partial charge in [0.2, 0.25) is 5.89 Å². The van der Waals surface area contributed by atoms with Crippen molar-refractivity contribution in [3.05, 3.63) is 60.0 Å². The van der Waals surface area contributed by atoms with Crippen LogP contribution in [0.5, 0.6) is 0 Å². The summed E-state index contributed by atoms with van der Waals surface area (Å²) in [5.74, 6) is -0.314. The molecule has 0 aliphatic rings. The molecule has 5 N–H and O–H groups in total. The highest BCUT2D eigenvalue weighted by atomic mass is 19.3. The first kappa shape index (κ1) is 18.2. The summed E-state index contributed by atoms with van der Waals surface area (Å²) in [6, 6.07) is 6.68. The van der Waals surface area contributed by atoms with Gasteiger partial charge in [-0.25, -0.2) is 4.98 Å². The first-order valence-electron chi connectivity index (χ1n) is 7.95. The molecule has 10 heteroatoms. The number of nitrogen functional groups attached to an aromatic ring is 1. The third-order valence-corrected chi connectivity index (χ3v) is 3.71. The number of nitrogens with one attached hydrogen (secondary N) is 1. The SMILES string of the molecule is C[C@@H](N/C=C(\N)c1ccc(N)nc1)c1ccc(-c2nnc(C(F)F)o2)cn1. The molecule has 0 aliphatic heterocycles. The van der Waals surface area contributed by atoms with E-state index in [-0.39, 0.29) is 11.9 Å². The van der Waals surface area contributed by atoms with Gasteiger partial charge < -0.3 is 21.2 Å². The lowest BCUT2D eigenvalue weighted by atomic mass is 10.1. The average molecular weight is 373 g/mol. The Hall–Kier alpha value is -3.56. The normalized spacial score (nSPS) is 13.0. The number of nitrogens with two attached hydrogens (primary N) is 2. The van der Waals surface area contributed by atoms with Crippen LogP contribution in [0.4, 0.5) is 14.6 Å². The number of alkyl halides is 2. The molecule has 0 unspecified atom stereocenters. The number of aromatic nitrogens is 4. The Morgan fingerprint density at radius 1 is 1.15 bits per heavy atom. The van der Waals surface area contributed by atoms with Gasteiger partial charge in [0.15, 0.2) is 0 Å². The zero-order valence-electron chi connectivity index (χ0n) is 14.3. The number of anilines is 1. The highest BCUT2D eigenvalue weighted by Gasteiger charge is 2.17. The van der Waals surface area contributed by atoms with Crippen molar-refractivity contribution in [3.63, 3.8) is 0 Å². The van der Waals surface area contributed by atoms with Crippen LogP contribution in [0.25, 0.3) is 17.2 Å². The maximum Gasteiger partial charge on any atom is 0.314 e. The van der Waals surface area contributed by atoms with Gasteiger partial charge in [-0.2, -0.15) is 8.78 Å². The summed E-state index contributed by atoms with van der Waals surface area (Å²) < 4.78 is 29.9. The molecule has 3 aromatic rings. The van der Waals surface area contributed by atoms with Crippen LogP contribution < -0.4 is 16.8 Å². The number of nitrogens with zero attached hydrogens (tertiary/aromatic N) is 4. The van der Waals surface area contributed by atoms with E-state index in [1.807, 2.05) is 6.92 Å². The molecule has 0 amide bonds. The molecule has 27 heavy (non-hydrogen) atoms. The van der Waals surface area contributed by atoms with Crippen molar-refractivity contribution in [2.24, 2.45) is 5.73 Å². The van der Waals surface area contributed by atoms with Crippen LogP contribution in [0.3, 0.4) is 0 Å². The van der Waals surface area contributed by atoms with Crippen molar-refractivity contribution in [1.82, 2.24) is 25.5 Å². The number of halogens is 2. The summed E-state index contributed by atoms with van der Waals surface area (Å²) in [7, 11) is 0. The molecule has 0 radical (unpaired) electrons. The van der Waals surface area contributed by atoms with Crippen LogP contribution in [0.1, 0.15) is 36.5 Å². The molecular weight excluding hydrogens is 356 g/mol. The van der Waals surface area contributed by atoms with Gasteiger partial charge in [-0.05, 0) is 31.2 Å². The van der Waals surface area contributed by atoms with Crippen molar-refractivity contribution in [1.29, 1.82) is 0 Å². The van der Waals surface area contributed by atoms with Crippen LogP contribution in [0, 0.1) is 0 Å². The van der Waals surface area contributed by atoms with Gasteiger partial charge in [0, 0.05) is 24.2 Å². The standard InChI is InChI=1S/C17H17F2N7O/c1-9(22-8-12(20)10-3-5-14(21)24-6-10)13-4-2-11(7-23-13)16-25-26-17(27-16)15(18)19/h2-9,15,22H,20H2,1H3,(H2,21,24)/b12-8-/t9-/m1/s1. The smallest absolute Gasteiger partial charge is 0.314 e. The summed E-state index contributed by atoms with van der Waals surface area (Å²) in [5.41, 5.74) is 14.0. The molecule has 8 nitrogen and oxygen atoms in total. The lowest BCUT2D eigenvalue weighted by Crippen LogP contribution is -2.15. The topological polar surface area (TPSA) is 129 Å². The maximum absolute atomic E-state index is 12.5. The highest BCUT2D eigenvalue weighted by Crippen LogP contribution is 2.23. The van der Waals surface area contributed by atoms with E-state index in [1.165, 1.54) is 6.20 Å². The molecule has 0 bridgehead atoms. The van der Waals surface area contributed by atoms with E-state index >= 15 is 0 Å². The molecule has 3 aromatic heterocycles. The Morgan fingerprint density at radius 3 is 2.56 bits per heavy atom. The number of rotatable bonds is 6.